The van der Waals surface area contributed by atoms with E-state index in [9.17, 15) is 0 Å². The van der Waals surface area contributed by atoms with Crippen LogP contribution in [-0.2, 0) is 5.41 Å². The van der Waals surface area contributed by atoms with Crippen molar-refractivity contribution in [3.8, 4) is 16.8 Å². The number of rotatable bonds is 7. The fourth-order valence-corrected chi connectivity index (χ4v) is 7.65. The van der Waals surface area contributed by atoms with Crippen LogP contribution in [0.25, 0.3) is 38.6 Å². The molecule has 0 bridgehead atoms. The number of nitrogens with one attached hydrogen (secondary N) is 1. The molecule has 2 aliphatic rings. The van der Waals surface area contributed by atoms with Crippen LogP contribution in [0.2, 0.25) is 0 Å². The summed E-state index contributed by atoms with van der Waals surface area (Å²) in [5, 5.41) is 6.42. The van der Waals surface area contributed by atoms with Gasteiger partial charge in [0.05, 0.1) is 17.1 Å². The Morgan fingerprint density at radius 2 is 1.49 bits per heavy atom. The van der Waals surface area contributed by atoms with E-state index in [4.69, 9.17) is 5.73 Å². The number of hydrogen-bond acceptors (Lipinski definition) is 2. The minimum Gasteiger partial charge on any atom is -0.322 e. The van der Waals surface area contributed by atoms with E-state index >= 15 is 0 Å². The molecule has 1 aromatic heterocycles. The molecule has 0 saturated heterocycles. The van der Waals surface area contributed by atoms with E-state index < -0.39 is 0 Å². The summed E-state index contributed by atoms with van der Waals surface area (Å²) in [5.74, 6) is 0.467. The van der Waals surface area contributed by atoms with Crippen molar-refractivity contribution in [1.29, 1.82) is 0 Å². The zero-order valence-electron chi connectivity index (χ0n) is 25.9. The quantitative estimate of drug-likeness (QED) is 0.196. The first-order valence-electron chi connectivity index (χ1n) is 16.2. The molecule has 0 saturated carbocycles. The molecule has 8 rings (SSSR count). The number of fused-ring (bicyclic) bond motifs is 6. The largest absolute Gasteiger partial charge is 0.322 e. The fraction of sp³-hybridized carbons (Fsp3) is 0.190. The highest BCUT2D eigenvalue weighted by atomic mass is 15.0. The Balaban J connectivity index is 1.22. The van der Waals surface area contributed by atoms with Crippen LogP contribution in [-0.4, -0.2) is 11.1 Å². The van der Waals surface area contributed by atoms with E-state index in [0.717, 1.165) is 24.2 Å². The molecule has 0 amide bonds. The van der Waals surface area contributed by atoms with Gasteiger partial charge in [-0.1, -0.05) is 123 Å². The molecule has 6 aromatic rings. The Bertz CT molecular complexity index is 2080. The van der Waals surface area contributed by atoms with E-state index in [2.05, 4.69) is 157 Å². The fourth-order valence-electron chi connectivity index (χ4n) is 7.65. The van der Waals surface area contributed by atoms with Gasteiger partial charge in [-0.3, -0.25) is 0 Å². The Hall–Kier alpha value is -4.70. The zero-order chi connectivity index (χ0) is 30.5. The van der Waals surface area contributed by atoms with Crippen LogP contribution in [0.15, 0.2) is 140 Å². The lowest BCUT2D eigenvalue weighted by atomic mass is 9.82. The third-order valence-corrected chi connectivity index (χ3v) is 10.1. The molecule has 3 nitrogen and oxygen atoms in total. The molecule has 3 atom stereocenters. The summed E-state index contributed by atoms with van der Waals surface area (Å²) in [6.07, 6.45) is 9.87. The van der Waals surface area contributed by atoms with Gasteiger partial charge in [0.25, 0.3) is 0 Å². The van der Waals surface area contributed by atoms with Crippen LogP contribution >= 0.6 is 0 Å². The predicted molar refractivity (Wildman–Crippen MR) is 189 cm³/mol. The summed E-state index contributed by atoms with van der Waals surface area (Å²) < 4.78 is 2.44. The van der Waals surface area contributed by atoms with Crippen molar-refractivity contribution in [2.45, 2.75) is 37.8 Å². The predicted octanol–water partition coefficient (Wildman–Crippen LogP) is 9.55. The van der Waals surface area contributed by atoms with Crippen molar-refractivity contribution in [2.24, 2.45) is 11.7 Å². The van der Waals surface area contributed by atoms with Crippen LogP contribution in [0.4, 0.5) is 0 Å². The van der Waals surface area contributed by atoms with Gasteiger partial charge < -0.3 is 15.6 Å². The number of para-hydroxylation sites is 1. The standard InChI is InChI=1S/C42H39N3/c1-42(2)36-19-11-9-17-32(36)34-25-35-33-18-10-12-20-38(33)45(39(35)26-37(34)42)31-23-21-30(22-24-31)41(40(43)29-15-7-4-8-16-29)44-27-28-13-5-3-6-14-28/h3-13,15-26,28,40-41,44H,14,27,43H2,1-2H3. The maximum atomic E-state index is 6.98. The van der Waals surface area contributed by atoms with E-state index in [1.165, 1.54) is 49.6 Å². The van der Waals surface area contributed by atoms with Crippen molar-refractivity contribution in [3.05, 3.63) is 162 Å². The Morgan fingerprint density at radius 1 is 0.733 bits per heavy atom. The molecule has 3 heteroatoms. The second-order valence-electron chi connectivity index (χ2n) is 13.2. The van der Waals surface area contributed by atoms with E-state index in [0.29, 0.717) is 5.92 Å². The summed E-state index contributed by atoms with van der Waals surface area (Å²) in [4.78, 5) is 0. The third-order valence-electron chi connectivity index (χ3n) is 10.1. The maximum absolute atomic E-state index is 6.98. The molecule has 2 aliphatic carbocycles. The van der Waals surface area contributed by atoms with Gasteiger partial charge in [-0.05, 0) is 76.1 Å². The van der Waals surface area contributed by atoms with Gasteiger partial charge in [0.1, 0.15) is 0 Å². The Labute approximate surface area is 265 Å². The number of benzene rings is 5. The summed E-state index contributed by atoms with van der Waals surface area (Å²) in [5.41, 5.74) is 18.4. The first kappa shape index (κ1) is 27.8. The topological polar surface area (TPSA) is 43.0 Å². The first-order valence-corrected chi connectivity index (χ1v) is 16.2. The van der Waals surface area contributed by atoms with Crippen LogP contribution in [0.1, 0.15) is 54.6 Å². The zero-order valence-corrected chi connectivity index (χ0v) is 25.9. The second kappa shape index (κ2) is 11.0. The number of nitrogens with two attached hydrogens (primary N) is 1. The van der Waals surface area contributed by atoms with Crippen molar-refractivity contribution >= 4 is 21.8 Å². The summed E-state index contributed by atoms with van der Waals surface area (Å²) in [6, 6.07) is 41.9. The molecular formula is C42H39N3. The molecule has 5 aromatic carbocycles. The molecule has 3 unspecified atom stereocenters. The van der Waals surface area contributed by atoms with Crippen molar-refractivity contribution < 1.29 is 0 Å². The lowest BCUT2D eigenvalue weighted by Crippen LogP contribution is -2.34. The van der Waals surface area contributed by atoms with Gasteiger partial charge >= 0.3 is 0 Å². The van der Waals surface area contributed by atoms with Crippen LogP contribution in [0.3, 0.4) is 0 Å². The number of allylic oxidation sites excluding steroid dienone is 3. The van der Waals surface area contributed by atoms with Gasteiger partial charge in [-0.25, -0.2) is 0 Å². The van der Waals surface area contributed by atoms with Gasteiger partial charge in [0.2, 0.25) is 0 Å². The monoisotopic (exact) mass is 585 g/mol. The van der Waals surface area contributed by atoms with Crippen molar-refractivity contribution in [1.82, 2.24) is 9.88 Å². The molecule has 45 heavy (non-hydrogen) atoms. The van der Waals surface area contributed by atoms with Crippen LogP contribution < -0.4 is 11.1 Å². The van der Waals surface area contributed by atoms with Gasteiger partial charge in [-0.15, -0.1) is 0 Å². The summed E-state index contributed by atoms with van der Waals surface area (Å²) in [6.45, 7) is 5.59. The molecule has 0 aliphatic heterocycles. The highest BCUT2D eigenvalue weighted by Crippen LogP contribution is 2.51. The van der Waals surface area contributed by atoms with Crippen molar-refractivity contribution in [3.63, 3.8) is 0 Å². The highest BCUT2D eigenvalue weighted by Gasteiger charge is 2.36. The Morgan fingerprint density at radius 3 is 2.29 bits per heavy atom. The molecule has 0 spiro atoms. The molecule has 222 valence electrons. The number of nitrogens with zero attached hydrogens (tertiary/aromatic N) is 1. The van der Waals surface area contributed by atoms with Crippen molar-refractivity contribution in [2.75, 3.05) is 6.54 Å². The first-order chi connectivity index (χ1) is 22.0. The molecular weight excluding hydrogens is 546 g/mol. The third kappa shape index (κ3) is 4.66. The molecule has 3 N–H and O–H groups in total. The molecule has 0 radical (unpaired) electrons. The average Bonchev–Trinajstić information content (AvgIpc) is 3.53. The smallest absolute Gasteiger partial charge is 0.0544 e. The van der Waals surface area contributed by atoms with Gasteiger partial charge in [0, 0.05) is 34.5 Å². The van der Waals surface area contributed by atoms with E-state index in [1.54, 1.807) is 0 Å². The summed E-state index contributed by atoms with van der Waals surface area (Å²) in [7, 11) is 0. The lowest BCUT2D eigenvalue weighted by molar-refractivity contribution is 0.423. The van der Waals surface area contributed by atoms with Crippen LogP contribution in [0, 0.1) is 5.92 Å². The normalized spacial score (nSPS) is 17.8. The van der Waals surface area contributed by atoms with Gasteiger partial charge in [0.15, 0.2) is 0 Å². The minimum atomic E-state index is -0.167. The second-order valence-corrected chi connectivity index (χ2v) is 13.2. The number of aromatic nitrogens is 1. The Kier molecular flexibility index (Phi) is 6.82. The number of hydrogen-bond donors (Lipinski definition) is 2. The van der Waals surface area contributed by atoms with E-state index in [1.807, 2.05) is 6.07 Å². The maximum Gasteiger partial charge on any atom is 0.0544 e. The molecule has 0 fully saturated rings. The molecule has 1 heterocycles. The highest BCUT2D eigenvalue weighted by molar-refractivity contribution is 6.11. The van der Waals surface area contributed by atoms with E-state index in [-0.39, 0.29) is 17.5 Å². The lowest BCUT2D eigenvalue weighted by Gasteiger charge is -2.28. The SMILES string of the molecule is CC1(C)c2ccccc2-c2cc3c4ccccc4n(-c4ccc(C(NCC5C=CC=CC5)C(N)c5ccccc5)cc4)c3cc21. The minimum absolute atomic E-state index is 0.0125. The average molecular weight is 586 g/mol. The van der Waals surface area contributed by atoms with Gasteiger partial charge in [-0.2, -0.15) is 0 Å². The summed E-state index contributed by atoms with van der Waals surface area (Å²) >= 11 is 0. The van der Waals surface area contributed by atoms with Crippen LogP contribution in [0.5, 0.6) is 0 Å².